The predicted octanol–water partition coefficient (Wildman–Crippen LogP) is 5.47. The van der Waals surface area contributed by atoms with Crippen molar-refractivity contribution in [1.29, 1.82) is 0 Å². The van der Waals surface area contributed by atoms with Gasteiger partial charge in [-0.05, 0) is 68.1 Å². The maximum atomic E-state index is 13.0. The van der Waals surface area contributed by atoms with Gasteiger partial charge in [-0.2, -0.15) is 4.98 Å². The number of aryl methyl sites for hydroxylation is 1. The summed E-state index contributed by atoms with van der Waals surface area (Å²) in [6, 6.07) is 12.4. The van der Waals surface area contributed by atoms with Gasteiger partial charge in [-0.15, -0.1) is 0 Å². The second kappa shape index (κ2) is 8.75. The standard InChI is InChI=1S/C22H23ClN4O3/c1-14-6-9-16(13-18(14)23)24-22(28)27-12-4-3-5-19(27)21-25-20(26-30-21)15-7-10-17(29-2)11-8-15/h6-11,13,19H,3-5,12H2,1-2H3,(H,24,28). The van der Waals surface area contributed by atoms with E-state index < -0.39 is 0 Å². The fraction of sp³-hybridized carbons (Fsp3) is 0.318. The molecule has 4 rings (SSSR count). The molecule has 1 N–H and O–H groups in total. The molecule has 2 heterocycles. The van der Waals surface area contributed by atoms with E-state index in [1.54, 1.807) is 18.1 Å². The number of nitrogens with zero attached hydrogens (tertiary/aromatic N) is 3. The van der Waals surface area contributed by atoms with Crippen LogP contribution in [0.4, 0.5) is 10.5 Å². The molecule has 8 heteroatoms. The monoisotopic (exact) mass is 426 g/mol. The molecule has 2 amide bonds. The topological polar surface area (TPSA) is 80.5 Å². The number of piperidine rings is 1. The van der Waals surface area contributed by atoms with Crippen LogP contribution in [0.15, 0.2) is 47.0 Å². The van der Waals surface area contributed by atoms with Gasteiger partial charge in [0.15, 0.2) is 0 Å². The van der Waals surface area contributed by atoms with Gasteiger partial charge in [0.2, 0.25) is 11.7 Å². The number of urea groups is 1. The van der Waals surface area contributed by atoms with Crippen LogP contribution >= 0.6 is 11.6 Å². The van der Waals surface area contributed by atoms with Gasteiger partial charge >= 0.3 is 6.03 Å². The molecular formula is C22H23ClN4O3. The van der Waals surface area contributed by atoms with Crippen molar-refractivity contribution in [3.63, 3.8) is 0 Å². The van der Waals surface area contributed by atoms with Gasteiger partial charge in [-0.1, -0.05) is 22.8 Å². The van der Waals surface area contributed by atoms with E-state index >= 15 is 0 Å². The smallest absolute Gasteiger partial charge is 0.322 e. The van der Waals surface area contributed by atoms with Crippen molar-refractivity contribution in [2.45, 2.75) is 32.2 Å². The molecule has 2 aromatic carbocycles. The molecule has 0 saturated carbocycles. The summed E-state index contributed by atoms with van der Waals surface area (Å²) < 4.78 is 10.7. The zero-order valence-electron chi connectivity index (χ0n) is 16.9. The third kappa shape index (κ3) is 4.26. The number of ether oxygens (including phenoxy) is 1. The van der Waals surface area contributed by atoms with Gasteiger partial charge in [-0.3, -0.25) is 0 Å². The number of amides is 2. The number of benzene rings is 2. The SMILES string of the molecule is COc1ccc(-c2noc(C3CCCCN3C(=O)Nc3ccc(C)c(Cl)c3)n2)cc1. The molecular weight excluding hydrogens is 404 g/mol. The number of methoxy groups -OCH3 is 1. The molecule has 156 valence electrons. The molecule has 1 fully saturated rings. The summed E-state index contributed by atoms with van der Waals surface area (Å²) in [4.78, 5) is 19.3. The Morgan fingerprint density at radius 3 is 2.77 bits per heavy atom. The van der Waals surface area contributed by atoms with E-state index in [4.69, 9.17) is 20.9 Å². The number of carbonyl (C=O) groups is 1. The molecule has 1 aliphatic rings. The van der Waals surface area contributed by atoms with Crippen LogP contribution in [0.1, 0.15) is 36.8 Å². The maximum Gasteiger partial charge on any atom is 0.322 e. The molecule has 1 atom stereocenters. The van der Waals surface area contributed by atoms with E-state index in [0.717, 1.165) is 36.1 Å². The van der Waals surface area contributed by atoms with Crippen LogP contribution in [-0.2, 0) is 0 Å². The Bertz CT molecular complexity index is 1040. The van der Waals surface area contributed by atoms with Crippen LogP contribution in [0, 0.1) is 6.92 Å². The Kier molecular flexibility index (Phi) is 5.90. The molecule has 0 spiro atoms. The lowest BCUT2D eigenvalue weighted by atomic mass is 10.0. The summed E-state index contributed by atoms with van der Waals surface area (Å²) in [7, 11) is 1.62. The van der Waals surface area contributed by atoms with E-state index in [9.17, 15) is 4.79 Å². The molecule has 0 bridgehead atoms. The minimum Gasteiger partial charge on any atom is -0.497 e. The number of aromatic nitrogens is 2. The second-order valence-electron chi connectivity index (χ2n) is 7.28. The number of carbonyl (C=O) groups excluding carboxylic acids is 1. The van der Waals surface area contributed by atoms with Crippen molar-refractivity contribution in [3.05, 3.63) is 58.9 Å². The number of likely N-dealkylation sites (tertiary alicyclic amines) is 1. The summed E-state index contributed by atoms with van der Waals surface area (Å²) in [6.07, 6.45) is 2.69. The second-order valence-corrected chi connectivity index (χ2v) is 7.69. The predicted molar refractivity (Wildman–Crippen MR) is 115 cm³/mol. The van der Waals surface area contributed by atoms with Crippen molar-refractivity contribution in [2.24, 2.45) is 0 Å². The number of nitrogens with one attached hydrogen (secondary N) is 1. The molecule has 0 aliphatic carbocycles. The Hall–Kier alpha value is -3.06. The van der Waals surface area contributed by atoms with Gasteiger partial charge in [0.1, 0.15) is 11.8 Å². The Morgan fingerprint density at radius 2 is 2.03 bits per heavy atom. The molecule has 1 aromatic heterocycles. The number of halogens is 1. The fourth-order valence-corrected chi connectivity index (χ4v) is 3.71. The Labute approximate surface area is 180 Å². The zero-order valence-corrected chi connectivity index (χ0v) is 17.6. The maximum absolute atomic E-state index is 13.0. The highest BCUT2D eigenvalue weighted by Gasteiger charge is 2.32. The van der Waals surface area contributed by atoms with Gasteiger partial charge < -0.3 is 19.5 Å². The first-order valence-corrected chi connectivity index (χ1v) is 10.2. The van der Waals surface area contributed by atoms with Crippen molar-refractivity contribution >= 4 is 23.3 Å². The fourth-order valence-electron chi connectivity index (χ4n) is 3.53. The van der Waals surface area contributed by atoms with Crippen LogP contribution in [0.25, 0.3) is 11.4 Å². The van der Waals surface area contributed by atoms with Crippen molar-refractivity contribution in [2.75, 3.05) is 19.0 Å². The molecule has 0 radical (unpaired) electrons. The highest BCUT2D eigenvalue weighted by atomic mass is 35.5. The van der Waals surface area contributed by atoms with Crippen molar-refractivity contribution < 1.29 is 14.1 Å². The highest BCUT2D eigenvalue weighted by molar-refractivity contribution is 6.31. The Morgan fingerprint density at radius 1 is 1.23 bits per heavy atom. The van der Waals surface area contributed by atoms with E-state index in [-0.39, 0.29) is 12.1 Å². The lowest BCUT2D eigenvalue weighted by Gasteiger charge is -2.33. The quantitative estimate of drug-likeness (QED) is 0.598. The van der Waals surface area contributed by atoms with Crippen molar-refractivity contribution in [1.82, 2.24) is 15.0 Å². The van der Waals surface area contributed by atoms with E-state index in [1.165, 1.54) is 0 Å². The Balaban J connectivity index is 1.52. The lowest BCUT2D eigenvalue weighted by Crippen LogP contribution is -2.41. The van der Waals surface area contributed by atoms with E-state index in [1.807, 2.05) is 43.3 Å². The molecule has 7 nitrogen and oxygen atoms in total. The molecule has 30 heavy (non-hydrogen) atoms. The van der Waals surface area contributed by atoms with Gasteiger partial charge in [0.05, 0.1) is 7.11 Å². The molecule has 1 unspecified atom stereocenters. The third-order valence-corrected chi connectivity index (χ3v) is 5.67. The summed E-state index contributed by atoms with van der Waals surface area (Å²) in [5, 5.41) is 7.66. The van der Waals surface area contributed by atoms with Crippen LogP contribution in [0.3, 0.4) is 0 Å². The molecule has 3 aromatic rings. The minimum atomic E-state index is -0.265. The largest absolute Gasteiger partial charge is 0.497 e. The van der Waals surface area contributed by atoms with Crippen LogP contribution in [0.2, 0.25) is 5.02 Å². The van der Waals surface area contributed by atoms with Crippen LogP contribution in [0.5, 0.6) is 5.75 Å². The highest BCUT2D eigenvalue weighted by Crippen LogP contribution is 2.32. The van der Waals surface area contributed by atoms with Crippen LogP contribution < -0.4 is 10.1 Å². The average Bonchev–Trinajstić information content (AvgIpc) is 3.26. The molecule has 1 saturated heterocycles. The first kappa shape index (κ1) is 20.2. The van der Waals surface area contributed by atoms with Gasteiger partial charge in [0, 0.05) is 22.8 Å². The summed E-state index contributed by atoms with van der Waals surface area (Å²) in [6.45, 7) is 2.54. The third-order valence-electron chi connectivity index (χ3n) is 5.26. The van der Waals surface area contributed by atoms with Crippen molar-refractivity contribution in [3.8, 4) is 17.1 Å². The average molecular weight is 427 g/mol. The summed E-state index contributed by atoms with van der Waals surface area (Å²) in [5.74, 6) is 1.69. The number of anilines is 1. The lowest BCUT2D eigenvalue weighted by molar-refractivity contribution is 0.142. The number of hydrogen-bond donors (Lipinski definition) is 1. The first-order valence-electron chi connectivity index (χ1n) is 9.87. The minimum absolute atomic E-state index is 0.205. The van der Waals surface area contributed by atoms with Gasteiger partial charge in [0.25, 0.3) is 0 Å². The van der Waals surface area contributed by atoms with Gasteiger partial charge in [-0.25, -0.2) is 4.79 Å². The zero-order chi connectivity index (χ0) is 21.1. The number of rotatable bonds is 4. The van der Waals surface area contributed by atoms with Crippen LogP contribution in [-0.4, -0.2) is 34.7 Å². The summed E-state index contributed by atoms with van der Waals surface area (Å²) >= 11 is 6.18. The normalized spacial score (nSPS) is 16.4. The molecule has 1 aliphatic heterocycles. The van der Waals surface area contributed by atoms with E-state index in [0.29, 0.717) is 29.0 Å². The number of hydrogen-bond acceptors (Lipinski definition) is 5. The summed E-state index contributed by atoms with van der Waals surface area (Å²) in [5.41, 5.74) is 2.44. The van der Waals surface area contributed by atoms with E-state index in [2.05, 4.69) is 15.5 Å². The first-order chi connectivity index (χ1) is 14.5.